The Kier molecular flexibility index (Phi) is 4.06. The number of aromatic carboxylic acids is 1. The first-order chi connectivity index (χ1) is 9.51. The Morgan fingerprint density at radius 1 is 1.30 bits per heavy atom. The van der Waals surface area contributed by atoms with Gasteiger partial charge in [-0.25, -0.2) is 9.18 Å². The van der Waals surface area contributed by atoms with Crippen molar-refractivity contribution in [2.24, 2.45) is 0 Å². The number of aryl methyl sites for hydroxylation is 1. The fraction of sp³-hybridized carbons (Fsp3) is 0.0667. The number of nitriles is 1. The highest BCUT2D eigenvalue weighted by molar-refractivity contribution is 7.99. The maximum Gasteiger partial charge on any atom is 0.338 e. The fourth-order valence-corrected chi connectivity index (χ4v) is 2.70. The third-order valence-electron chi connectivity index (χ3n) is 2.65. The number of benzene rings is 2. The molecule has 0 aliphatic heterocycles. The summed E-state index contributed by atoms with van der Waals surface area (Å²) in [6.45, 7) is 1.90. The van der Waals surface area contributed by atoms with Gasteiger partial charge >= 0.3 is 5.97 Å². The Bertz CT molecular complexity index is 722. The minimum Gasteiger partial charge on any atom is -0.478 e. The first kappa shape index (κ1) is 14.1. The summed E-state index contributed by atoms with van der Waals surface area (Å²) in [5.74, 6) is -2.08. The molecule has 0 saturated heterocycles. The van der Waals surface area contributed by atoms with Gasteiger partial charge in [-0.2, -0.15) is 5.26 Å². The van der Waals surface area contributed by atoms with Crippen LogP contribution in [0.3, 0.4) is 0 Å². The summed E-state index contributed by atoms with van der Waals surface area (Å²) in [6.07, 6.45) is 0. The molecule has 2 rings (SSSR count). The second-order valence-electron chi connectivity index (χ2n) is 4.16. The lowest BCUT2D eigenvalue weighted by Gasteiger charge is -2.06. The Hall–Kier alpha value is -2.32. The zero-order valence-electron chi connectivity index (χ0n) is 10.6. The van der Waals surface area contributed by atoms with E-state index in [0.717, 1.165) is 16.5 Å². The molecule has 0 heterocycles. The van der Waals surface area contributed by atoms with Gasteiger partial charge in [0.2, 0.25) is 0 Å². The Labute approximate surface area is 119 Å². The van der Waals surface area contributed by atoms with Crippen LogP contribution in [0.5, 0.6) is 0 Å². The number of hydrogen-bond donors (Lipinski definition) is 1. The second-order valence-corrected chi connectivity index (χ2v) is 5.28. The molecule has 0 bridgehead atoms. The van der Waals surface area contributed by atoms with Crippen molar-refractivity contribution in [1.82, 2.24) is 0 Å². The summed E-state index contributed by atoms with van der Waals surface area (Å²) in [4.78, 5) is 12.2. The molecular weight excluding hydrogens is 277 g/mol. The van der Waals surface area contributed by atoms with E-state index in [1.165, 1.54) is 23.9 Å². The number of halogens is 1. The van der Waals surface area contributed by atoms with Gasteiger partial charge in [0.05, 0.1) is 11.1 Å². The standard InChI is InChI=1S/C15H10FNO2S/c1-9-2-3-10(8-17)14(6-9)20-11-4-5-13(16)12(7-11)15(18)19/h2-7H,1H3,(H,18,19). The van der Waals surface area contributed by atoms with E-state index in [0.29, 0.717) is 10.5 Å². The molecule has 0 spiro atoms. The van der Waals surface area contributed by atoms with Crippen molar-refractivity contribution in [2.75, 3.05) is 0 Å². The second kappa shape index (κ2) is 5.76. The van der Waals surface area contributed by atoms with Gasteiger partial charge in [-0.1, -0.05) is 17.8 Å². The van der Waals surface area contributed by atoms with Crippen LogP contribution in [0.1, 0.15) is 21.5 Å². The van der Waals surface area contributed by atoms with Crippen molar-refractivity contribution in [1.29, 1.82) is 5.26 Å². The Balaban J connectivity index is 2.40. The molecule has 20 heavy (non-hydrogen) atoms. The highest BCUT2D eigenvalue weighted by Crippen LogP contribution is 2.32. The minimum absolute atomic E-state index is 0.374. The highest BCUT2D eigenvalue weighted by atomic mass is 32.2. The summed E-state index contributed by atoms with van der Waals surface area (Å²) in [5, 5.41) is 18.0. The first-order valence-electron chi connectivity index (χ1n) is 5.72. The van der Waals surface area contributed by atoms with Gasteiger partial charge in [0.15, 0.2) is 0 Å². The third kappa shape index (κ3) is 2.98. The maximum atomic E-state index is 13.3. The molecule has 0 radical (unpaired) electrons. The molecule has 0 aromatic heterocycles. The summed E-state index contributed by atoms with van der Waals surface area (Å²) < 4.78 is 13.3. The van der Waals surface area contributed by atoms with E-state index in [1.807, 2.05) is 19.1 Å². The molecule has 2 aromatic rings. The van der Waals surface area contributed by atoms with E-state index < -0.39 is 11.8 Å². The van der Waals surface area contributed by atoms with E-state index in [2.05, 4.69) is 6.07 Å². The van der Waals surface area contributed by atoms with Crippen LogP contribution in [0.15, 0.2) is 46.2 Å². The van der Waals surface area contributed by atoms with E-state index in [9.17, 15) is 9.18 Å². The van der Waals surface area contributed by atoms with Crippen molar-refractivity contribution in [3.05, 3.63) is 58.9 Å². The number of nitrogens with zero attached hydrogens (tertiary/aromatic N) is 1. The summed E-state index contributed by atoms with van der Waals surface area (Å²) in [6, 6.07) is 11.3. The molecule has 0 fully saturated rings. The molecule has 100 valence electrons. The molecule has 0 atom stereocenters. The van der Waals surface area contributed by atoms with Crippen LogP contribution in [0.4, 0.5) is 4.39 Å². The van der Waals surface area contributed by atoms with Crippen molar-refractivity contribution >= 4 is 17.7 Å². The minimum atomic E-state index is -1.31. The van der Waals surface area contributed by atoms with Gasteiger partial charge in [0.1, 0.15) is 11.9 Å². The third-order valence-corrected chi connectivity index (χ3v) is 3.70. The normalized spacial score (nSPS) is 10.1. The summed E-state index contributed by atoms with van der Waals surface area (Å²) >= 11 is 1.24. The average Bonchev–Trinajstić information content (AvgIpc) is 2.41. The van der Waals surface area contributed by atoms with Crippen LogP contribution in [0.2, 0.25) is 0 Å². The van der Waals surface area contributed by atoms with Crippen molar-refractivity contribution < 1.29 is 14.3 Å². The monoisotopic (exact) mass is 287 g/mol. The number of rotatable bonds is 3. The number of hydrogen-bond acceptors (Lipinski definition) is 3. The largest absolute Gasteiger partial charge is 0.478 e. The van der Waals surface area contributed by atoms with Gasteiger partial charge in [0.25, 0.3) is 0 Å². The lowest BCUT2D eigenvalue weighted by atomic mass is 10.2. The molecule has 0 aliphatic carbocycles. The highest BCUT2D eigenvalue weighted by Gasteiger charge is 2.12. The lowest BCUT2D eigenvalue weighted by molar-refractivity contribution is 0.0691. The van der Waals surface area contributed by atoms with Gasteiger partial charge in [-0.15, -0.1) is 0 Å². The molecule has 0 amide bonds. The Morgan fingerprint density at radius 3 is 2.70 bits per heavy atom. The number of carbonyl (C=O) groups is 1. The van der Waals surface area contributed by atoms with Gasteiger partial charge in [0, 0.05) is 9.79 Å². The van der Waals surface area contributed by atoms with E-state index >= 15 is 0 Å². The van der Waals surface area contributed by atoms with Crippen LogP contribution in [-0.4, -0.2) is 11.1 Å². The van der Waals surface area contributed by atoms with Crippen LogP contribution in [-0.2, 0) is 0 Å². The van der Waals surface area contributed by atoms with Gasteiger partial charge < -0.3 is 5.11 Å². The molecule has 5 heteroatoms. The fourth-order valence-electron chi connectivity index (χ4n) is 1.67. The first-order valence-corrected chi connectivity index (χ1v) is 6.54. The molecular formula is C15H10FNO2S. The predicted molar refractivity (Wildman–Crippen MR) is 73.4 cm³/mol. The van der Waals surface area contributed by atoms with Crippen LogP contribution >= 0.6 is 11.8 Å². The molecule has 0 aliphatic rings. The summed E-state index contributed by atoms with van der Waals surface area (Å²) in [7, 11) is 0. The van der Waals surface area contributed by atoms with Crippen molar-refractivity contribution in [3.63, 3.8) is 0 Å². The molecule has 1 N–H and O–H groups in total. The van der Waals surface area contributed by atoms with Crippen LogP contribution < -0.4 is 0 Å². The van der Waals surface area contributed by atoms with Crippen LogP contribution in [0, 0.1) is 24.1 Å². The molecule has 2 aromatic carbocycles. The maximum absolute atomic E-state index is 13.3. The molecule has 0 unspecified atom stereocenters. The number of carboxylic acid groups (broad SMARTS) is 1. The SMILES string of the molecule is Cc1ccc(C#N)c(Sc2ccc(F)c(C(=O)O)c2)c1. The van der Waals surface area contributed by atoms with Crippen LogP contribution in [0.25, 0.3) is 0 Å². The Morgan fingerprint density at radius 2 is 2.05 bits per heavy atom. The number of carboxylic acids is 1. The zero-order valence-corrected chi connectivity index (χ0v) is 11.4. The van der Waals surface area contributed by atoms with E-state index in [4.69, 9.17) is 10.4 Å². The van der Waals surface area contributed by atoms with E-state index in [-0.39, 0.29) is 5.56 Å². The predicted octanol–water partition coefficient (Wildman–Crippen LogP) is 3.86. The molecule has 0 saturated carbocycles. The smallest absolute Gasteiger partial charge is 0.338 e. The lowest BCUT2D eigenvalue weighted by Crippen LogP contribution is -2.00. The van der Waals surface area contributed by atoms with Crippen molar-refractivity contribution in [2.45, 2.75) is 16.7 Å². The van der Waals surface area contributed by atoms with Gasteiger partial charge in [-0.05, 0) is 42.8 Å². The average molecular weight is 287 g/mol. The topological polar surface area (TPSA) is 61.1 Å². The van der Waals surface area contributed by atoms with Gasteiger partial charge in [-0.3, -0.25) is 0 Å². The quantitative estimate of drug-likeness (QED) is 0.931. The molecule has 3 nitrogen and oxygen atoms in total. The summed E-state index contributed by atoms with van der Waals surface area (Å²) in [5.41, 5.74) is 1.12. The zero-order chi connectivity index (χ0) is 14.7. The van der Waals surface area contributed by atoms with E-state index in [1.54, 1.807) is 6.07 Å². The van der Waals surface area contributed by atoms with Crippen molar-refractivity contribution in [3.8, 4) is 6.07 Å².